The molecule has 1 heterocycles. The summed E-state index contributed by atoms with van der Waals surface area (Å²) in [4.78, 5) is 13.7. The molecule has 0 radical (unpaired) electrons. The Bertz CT molecular complexity index is 446. The maximum atomic E-state index is 11.9. The normalized spacial score (nSPS) is 11.1. The van der Waals surface area contributed by atoms with E-state index in [-0.39, 0.29) is 0 Å². The van der Waals surface area contributed by atoms with Crippen molar-refractivity contribution < 1.29 is 37.7 Å². The first-order valence-electron chi connectivity index (χ1n) is 4.01. The van der Waals surface area contributed by atoms with E-state index in [4.69, 9.17) is 5.11 Å². The number of carboxylic acid groups (broad SMARTS) is 1. The van der Waals surface area contributed by atoms with E-state index in [0.29, 0.717) is 6.20 Å². The SMILES string of the molecule is COc1c(C(=O)O)cnc(OC(F)(F)F)c1O. The highest BCUT2D eigenvalue weighted by Gasteiger charge is 2.34. The summed E-state index contributed by atoms with van der Waals surface area (Å²) < 4.78 is 43.5. The van der Waals surface area contributed by atoms with E-state index in [9.17, 15) is 23.1 Å². The lowest BCUT2D eigenvalue weighted by Gasteiger charge is -2.12. The van der Waals surface area contributed by atoms with Crippen molar-refractivity contribution in [2.24, 2.45) is 0 Å². The van der Waals surface area contributed by atoms with Gasteiger partial charge in [0, 0.05) is 6.20 Å². The molecule has 0 unspecified atom stereocenters. The summed E-state index contributed by atoms with van der Waals surface area (Å²) in [5.41, 5.74) is -0.584. The van der Waals surface area contributed by atoms with Gasteiger partial charge in [-0.25, -0.2) is 9.78 Å². The highest BCUT2D eigenvalue weighted by atomic mass is 19.4. The van der Waals surface area contributed by atoms with Gasteiger partial charge in [0.2, 0.25) is 5.75 Å². The van der Waals surface area contributed by atoms with Crippen molar-refractivity contribution in [1.29, 1.82) is 0 Å². The molecule has 0 atom stereocenters. The molecule has 1 aromatic rings. The molecule has 0 aliphatic heterocycles. The quantitative estimate of drug-likeness (QED) is 0.846. The minimum absolute atomic E-state index is 0.584. The Balaban J connectivity index is 3.25. The first kappa shape index (κ1) is 12.9. The second-order valence-corrected chi connectivity index (χ2v) is 2.71. The lowest BCUT2D eigenvalue weighted by atomic mass is 10.2. The minimum atomic E-state index is -5.06. The first-order valence-corrected chi connectivity index (χ1v) is 4.01. The molecule has 0 amide bonds. The third kappa shape index (κ3) is 2.89. The van der Waals surface area contributed by atoms with Gasteiger partial charge in [-0.15, -0.1) is 13.2 Å². The number of rotatable bonds is 3. The molecule has 2 N–H and O–H groups in total. The molecular weight excluding hydrogens is 247 g/mol. The van der Waals surface area contributed by atoms with Gasteiger partial charge >= 0.3 is 12.3 Å². The number of halogens is 3. The van der Waals surface area contributed by atoms with Crippen LogP contribution in [0.3, 0.4) is 0 Å². The number of hydrogen-bond acceptors (Lipinski definition) is 5. The smallest absolute Gasteiger partial charge is 0.501 e. The molecule has 0 aromatic carbocycles. The van der Waals surface area contributed by atoms with Crippen LogP contribution in [-0.2, 0) is 0 Å². The topological polar surface area (TPSA) is 88.9 Å². The molecule has 6 nitrogen and oxygen atoms in total. The van der Waals surface area contributed by atoms with Gasteiger partial charge in [-0.05, 0) is 0 Å². The number of hydrogen-bond donors (Lipinski definition) is 2. The Kier molecular flexibility index (Phi) is 3.30. The third-order valence-corrected chi connectivity index (χ3v) is 1.62. The summed E-state index contributed by atoms with van der Waals surface area (Å²) in [7, 11) is 0.985. The van der Waals surface area contributed by atoms with Crippen LogP contribution in [-0.4, -0.2) is 34.6 Å². The van der Waals surface area contributed by atoms with E-state index in [0.717, 1.165) is 7.11 Å². The van der Waals surface area contributed by atoms with E-state index in [1.807, 2.05) is 0 Å². The number of carboxylic acids is 1. The fraction of sp³-hybridized carbons (Fsp3) is 0.250. The lowest BCUT2D eigenvalue weighted by molar-refractivity contribution is -0.276. The van der Waals surface area contributed by atoms with Gasteiger partial charge < -0.3 is 19.7 Å². The van der Waals surface area contributed by atoms with E-state index in [1.165, 1.54) is 0 Å². The number of aromatic carboxylic acids is 1. The molecule has 0 fully saturated rings. The summed E-state index contributed by atoms with van der Waals surface area (Å²) in [6.45, 7) is 0. The number of ether oxygens (including phenoxy) is 2. The standard InChI is InChI=1S/C8H6F3NO5/c1-16-5-3(7(14)15)2-12-6(4(5)13)17-8(9,10)11/h2,13H,1H3,(H,14,15). The second-order valence-electron chi connectivity index (χ2n) is 2.71. The predicted octanol–water partition coefficient (Wildman–Crippen LogP) is 1.39. The number of methoxy groups -OCH3 is 1. The molecular formula is C8H6F3NO5. The van der Waals surface area contributed by atoms with Gasteiger partial charge in [0.25, 0.3) is 5.88 Å². The summed E-state index contributed by atoms with van der Waals surface area (Å²) in [5, 5.41) is 18.0. The van der Waals surface area contributed by atoms with Gasteiger partial charge in [0.1, 0.15) is 5.56 Å². The van der Waals surface area contributed by atoms with Crippen molar-refractivity contribution in [3.05, 3.63) is 11.8 Å². The van der Waals surface area contributed by atoms with E-state index < -0.39 is 35.3 Å². The van der Waals surface area contributed by atoms with Crippen molar-refractivity contribution in [2.45, 2.75) is 6.36 Å². The Morgan fingerprint density at radius 2 is 2.06 bits per heavy atom. The summed E-state index contributed by atoms with van der Waals surface area (Å²) in [6.07, 6.45) is -4.47. The molecule has 0 saturated carbocycles. The summed E-state index contributed by atoms with van der Waals surface area (Å²) in [6, 6.07) is 0. The molecule has 9 heteroatoms. The van der Waals surface area contributed by atoms with Crippen LogP contribution in [0, 0.1) is 0 Å². The molecule has 0 saturated heterocycles. The van der Waals surface area contributed by atoms with Crippen molar-refractivity contribution in [3.63, 3.8) is 0 Å². The molecule has 1 aromatic heterocycles. The van der Waals surface area contributed by atoms with Crippen molar-refractivity contribution in [2.75, 3.05) is 7.11 Å². The zero-order valence-electron chi connectivity index (χ0n) is 8.28. The molecule has 94 valence electrons. The zero-order chi connectivity index (χ0) is 13.2. The first-order chi connectivity index (χ1) is 7.76. The fourth-order valence-corrected chi connectivity index (χ4v) is 1.01. The lowest BCUT2D eigenvalue weighted by Crippen LogP contribution is -2.18. The van der Waals surface area contributed by atoms with E-state index in [2.05, 4.69) is 14.5 Å². The van der Waals surface area contributed by atoms with Crippen LogP contribution in [0.1, 0.15) is 10.4 Å². The number of nitrogens with zero attached hydrogens (tertiary/aromatic N) is 1. The summed E-state index contributed by atoms with van der Waals surface area (Å²) >= 11 is 0. The van der Waals surface area contributed by atoms with Gasteiger partial charge in [0.05, 0.1) is 7.11 Å². The molecule has 1 rings (SSSR count). The molecule has 0 spiro atoms. The highest BCUT2D eigenvalue weighted by Crippen LogP contribution is 2.38. The predicted molar refractivity (Wildman–Crippen MR) is 46.1 cm³/mol. The molecule has 0 bridgehead atoms. The largest absolute Gasteiger partial charge is 0.574 e. The third-order valence-electron chi connectivity index (χ3n) is 1.62. The minimum Gasteiger partial charge on any atom is -0.501 e. The van der Waals surface area contributed by atoms with Crippen molar-refractivity contribution in [1.82, 2.24) is 4.98 Å². The Labute approximate surface area is 92.2 Å². The van der Waals surface area contributed by atoms with Gasteiger partial charge in [-0.1, -0.05) is 0 Å². The Morgan fingerprint density at radius 1 is 1.47 bits per heavy atom. The average molecular weight is 253 g/mol. The second kappa shape index (κ2) is 4.36. The van der Waals surface area contributed by atoms with Gasteiger partial charge in [0.15, 0.2) is 5.75 Å². The Morgan fingerprint density at radius 3 is 2.47 bits per heavy atom. The summed E-state index contributed by atoms with van der Waals surface area (Å²) in [5.74, 6) is -4.49. The number of aromatic hydroxyl groups is 1. The Hall–Kier alpha value is -2.19. The number of pyridine rings is 1. The fourth-order valence-electron chi connectivity index (χ4n) is 1.01. The van der Waals surface area contributed by atoms with Crippen LogP contribution < -0.4 is 9.47 Å². The van der Waals surface area contributed by atoms with Gasteiger partial charge in [-0.3, -0.25) is 0 Å². The number of carbonyl (C=O) groups is 1. The molecule has 0 aliphatic carbocycles. The molecule has 17 heavy (non-hydrogen) atoms. The number of aromatic nitrogens is 1. The monoisotopic (exact) mass is 253 g/mol. The van der Waals surface area contributed by atoms with Crippen molar-refractivity contribution in [3.8, 4) is 17.4 Å². The van der Waals surface area contributed by atoms with E-state index in [1.54, 1.807) is 0 Å². The highest BCUT2D eigenvalue weighted by molar-refractivity contribution is 5.91. The zero-order valence-corrected chi connectivity index (χ0v) is 8.28. The van der Waals surface area contributed by atoms with Crippen LogP contribution in [0.15, 0.2) is 6.20 Å². The van der Waals surface area contributed by atoms with Crippen LogP contribution in [0.25, 0.3) is 0 Å². The van der Waals surface area contributed by atoms with Gasteiger partial charge in [-0.2, -0.15) is 0 Å². The van der Waals surface area contributed by atoms with Crippen LogP contribution >= 0.6 is 0 Å². The maximum absolute atomic E-state index is 11.9. The number of alkyl halides is 3. The van der Waals surface area contributed by atoms with Crippen LogP contribution in [0.4, 0.5) is 13.2 Å². The van der Waals surface area contributed by atoms with E-state index >= 15 is 0 Å². The van der Waals surface area contributed by atoms with Crippen molar-refractivity contribution >= 4 is 5.97 Å². The average Bonchev–Trinajstić information content (AvgIpc) is 2.18. The van der Waals surface area contributed by atoms with Crippen LogP contribution in [0.5, 0.6) is 17.4 Å². The van der Waals surface area contributed by atoms with Crippen LogP contribution in [0.2, 0.25) is 0 Å². The molecule has 0 aliphatic rings. The maximum Gasteiger partial charge on any atom is 0.574 e.